The van der Waals surface area contributed by atoms with E-state index in [9.17, 15) is 14.4 Å². The molecule has 2 amide bonds. The molecular formula is C24H30N4O4. The van der Waals surface area contributed by atoms with Crippen molar-refractivity contribution >= 4 is 11.8 Å². The average Bonchev–Trinajstić information content (AvgIpc) is 3.63. The van der Waals surface area contributed by atoms with Gasteiger partial charge in [-0.05, 0) is 36.5 Å². The Morgan fingerprint density at radius 3 is 2.56 bits per heavy atom. The number of rotatable bonds is 8. The first-order chi connectivity index (χ1) is 15.5. The molecule has 2 aromatic rings. The second-order valence-corrected chi connectivity index (χ2v) is 8.43. The highest BCUT2D eigenvalue weighted by atomic mass is 16.5. The molecule has 2 heterocycles. The molecule has 0 unspecified atom stereocenters. The van der Waals surface area contributed by atoms with Crippen molar-refractivity contribution in [1.82, 2.24) is 20.1 Å². The summed E-state index contributed by atoms with van der Waals surface area (Å²) in [5.41, 5.74) is 2.02. The summed E-state index contributed by atoms with van der Waals surface area (Å²) in [6.45, 7) is 4.71. The van der Waals surface area contributed by atoms with Crippen LogP contribution in [0.1, 0.15) is 44.7 Å². The van der Waals surface area contributed by atoms with Gasteiger partial charge in [-0.2, -0.15) is 0 Å². The first-order valence-corrected chi connectivity index (χ1v) is 11.2. The fourth-order valence-corrected chi connectivity index (χ4v) is 3.86. The van der Waals surface area contributed by atoms with Crippen molar-refractivity contribution in [3.8, 4) is 0 Å². The summed E-state index contributed by atoms with van der Waals surface area (Å²) < 4.78 is 6.85. The van der Waals surface area contributed by atoms with Gasteiger partial charge in [-0.15, -0.1) is 0 Å². The van der Waals surface area contributed by atoms with Gasteiger partial charge in [0.1, 0.15) is 5.56 Å². The number of morpholine rings is 1. The van der Waals surface area contributed by atoms with Crippen LogP contribution in [0, 0.1) is 0 Å². The van der Waals surface area contributed by atoms with Crippen LogP contribution >= 0.6 is 0 Å². The third-order valence-electron chi connectivity index (χ3n) is 5.90. The van der Waals surface area contributed by atoms with Gasteiger partial charge in [0.25, 0.3) is 17.4 Å². The van der Waals surface area contributed by atoms with E-state index in [4.69, 9.17) is 4.74 Å². The monoisotopic (exact) mass is 438 g/mol. The van der Waals surface area contributed by atoms with Gasteiger partial charge in [0.05, 0.1) is 25.3 Å². The molecule has 2 aliphatic rings. The zero-order valence-electron chi connectivity index (χ0n) is 18.4. The molecule has 0 bridgehead atoms. The van der Waals surface area contributed by atoms with Gasteiger partial charge in [0.2, 0.25) is 0 Å². The zero-order chi connectivity index (χ0) is 22.5. The lowest BCUT2D eigenvalue weighted by molar-refractivity contribution is 0.0384. The van der Waals surface area contributed by atoms with E-state index < -0.39 is 11.5 Å². The van der Waals surface area contributed by atoms with Crippen molar-refractivity contribution in [2.75, 3.05) is 39.9 Å². The number of benzene rings is 1. The predicted octanol–water partition coefficient (Wildman–Crippen LogP) is 1.02. The molecule has 4 rings (SSSR count). The second-order valence-electron chi connectivity index (χ2n) is 8.43. The molecule has 1 aromatic carbocycles. The minimum absolute atomic E-state index is 0.0283. The standard InChI is InChI=1S/C24H30N4O4/c1-25-23(30)21-14-19(22(29)26-20-5-6-20)16-28(24(21)31)15-18-4-2-3-17(13-18)7-8-27-9-11-32-12-10-27/h2-4,13-14,16,20H,5-12,15H2,1H3,(H,25,30)(H,26,29). The fraction of sp³-hybridized carbons (Fsp3) is 0.458. The SMILES string of the molecule is CNC(=O)c1cc(C(=O)NC2CC2)cn(Cc2cccc(CCN3CCOCC3)c2)c1=O. The molecule has 1 aromatic heterocycles. The maximum absolute atomic E-state index is 13.0. The number of hydrogen-bond acceptors (Lipinski definition) is 5. The Morgan fingerprint density at radius 1 is 1.09 bits per heavy atom. The maximum Gasteiger partial charge on any atom is 0.263 e. The quantitative estimate of drug-likeness (QED) is 0.642. The molecule has 2 N–H and O–H groups in total. The third-order valence-corrected chi connectivity index (χ3v) is 5.90. The molecule has 32 heavy (non-hydrogen) atoms. The van der Waals surface area contributed by atoms with Crippen LogP contribution in [0.5, 0.6) is 0 Å². The third kappa shape index (κ3) is 5.63. The average molecular weight is 439 g/mol. The van der Waals surface area contributed by atoms with Crippen LogP contribution in [0.4, 0.5) is 0 Å². The van der Waals surface area contributed by atoms with Crippen molar-refractivity contribution in [3.63, 3.8) is 0 Å². The van der Waals surface area contributed by atoms with Crippen LogP contribution in [0.15, 0.2) is 41.3 Å². The van der Waals surface area contributed by atoms with Gasteiger partial charge < -0.3 is 19.9 Å². The first-order valence-electron chi connectivity index (χ1n) is 11.2. The highest BCUT2D eigenvalue weighted by Crippen LogP contribution is 2.19. The number of ether oxygens (including phenoxy) is 1. The van der Waals surface area contributed by atoms with Gasteiger partial charge >= 0.3 is 0 Å². The predicted molar refractivity (Wildman–Crippen MR) is 121 cm³/mol. The van der Waals surface area contributed by atoms with Crippen LogP contribution in [0.3, 0.4) is 0 Å². The lowest BCUT2D eigenvalue weighted by atomic mass is 10.1. The van der Waals surface area contributed by atoms with E-state index >= 15 is 0 Å². The minimum atomic E-state index is -0.496. The Kier molecular flexibility index (Phi) is 7.02. The number of amides is 2. The summed E-state index contributed by atoms with van der Waals surface area (Å²) in [7, 11) is 1.47. The first kappa shape index (κ1) is 22.2. The maximum atomic E-state index is 13.0. The molecular weight excluding hydrogens is 408 g/mol. The highest BCUT2D eigenvalue weighted by Gasteiger charge is 2.25. The zero-order valence-corrected chi connectivity index (χ0v) is 18.4. The largest absolute Gasteiger partial charge is 0.379 e. The highest BCUT2D eigenvalue weighted by molar-refractivity contribution is 5.99. The van der Waals surface area contributed by atoms with E-state index in [2.05, 4.69) is 27.7 Å². The van der Waals surface area contributed by atoms with Crippen molar-refractivity contribution in [1.29, 1.82) is 0 Å². The van der Waals surface area contributed by atoms with Crippen LogP contribution in [0.25, 0.3) is 0 Å². The van der Waals surface area contributed by atoms with E-state index in [0.717, 1.165) is 57.7 Å². The van der Waals surface area contributed by atoms with Gasteiger partial charge in [-0.3, -0.25) is 19.3 Å². The number of pyridine rings is 1. The van der Waals surface area contributed by atoms with Crippen molar-refractivity contribution in [3.05, 3.63) is 69.1 Å². The van der Waals surface area contributed by atoms with Gasteiger partial charge in [0, 0.05) is 38.9 Å². The van der Waals surface area contributed by atoms with E-state index in [0.29, 0.717) is 12.1 Å². The Labute approximate surface area is 187 Å². The summed E-state index contributed by atoms with van der Waals surface area (Å²) >= 11 is 0. The van der Waals surface area contributed by atoms with E-state index in [1.54, 1.807) is 6.20 Å². The number of nitrogens with one attached hydrogen (secondary N) is 2. The number of hydrogen-bond donors (Lipinski definition) is 2. The molecule has 1 aliphatic heterocycles. The van der Waals surface area contributed by atoms with Crippen molar-refractivity contribution in [2.45, 2.75) is 31.8 Å². The second kappa shape index (κ2) is 10.1. The van der Waals surface area contributed by atoms with Crippen LogP contribution in [0.2, 0.25) is 0 Å². The Balaban J connectivity index is 1.53. The van der Waals surface area contributed by atoms with Crippen LogP contribution in [-0.4, -0.2) is 67.2 Å². The van der Waals surface area contributed by atoms with E-state index in [1.165, 1.54) is 23.2 Å². The number of nitrogens with zero attached hydrogens (tertiary/aromatic N) is 2. The molecule has 1 saturated carbocycles. The smallest absolute Gasteiger partial charge is 0.263 e. The van der Waals surface area contributed by atoms with E-state index in [1.807, 2.05) is 12.1 Å². The normalized spacial score (nSPS) is 16.5. The van der Waals surface area contributed by atoms with Crippen molar-refractivity contribution < 1.29 is 14.3 Å². The van der Waals surface area contributed by atoms with Crippen LogP contribution < -0.4 is 16.2 Å². The molecule has 2 fully saturated rings. The molecule has 8 heteroatoms. The number of carbonyl (C=O) groups is 2. The number of aromatic nitrogens is 1. The number of carbonyl (C=O) groups excluding carboxylic acids is 2. The Morgan fingerprint density at radius 2 is 1.84 bits per heavy atom. The molecule has 1 saturated heterocycles. The van der Waals surface area contributed by atoms with Gasteiger partial charge in [-0.1, -0.05) is 24.3 Å². The lowest BCUT2D eigenvalue weighted by Gasteiger charge is -2.26. The van der Waals surface area contributed by atoms with Gasteiger partial charge in [-0.25, -0.2) is 0 Å². The summed E-state index contributed by atoms with van der Waals surface area (Å²) in [4.78, 5) is 40.2. The van der Waals surface area contributed by atoms with Crippen molar-refractivity contribution in [2.24, 2.45) is 0 Å². The minimum Gasteiger partial charge on any atom is -0.379 e. The fourth-order valence-electron chi connectivity index (χ4n) is 3.86. The van der Waals surface area contributed by atoms with Gasteiger partial charge in [0.15, 0.2) is 0 Å². The molecule has 1 aliphatic carbocycles. The summed E-state index contributed by atoms with van der Waals surface area (Å²) in [6, 6.07) is 9.69. The lowest BCUT2D eigenvalue weighted by Crippen LogP contribution is -2.37. The Hall–Kier alpha value is -2.97. The van der Waals surface area contributed by atoms with Crippen LogP contribution in [-0.2, 0) is 17.7 Å². The molecule has 8 nitrogen and oxygen atoms in total. The molecule has 0 radical (unpaired) electrons. The molecule has 0 spiro atoms. The Bertz CT molecular complexity index is 1040. The van der Waals surface area contributed by atoms with E-state index in [-0.39, 0.29) is 17.5 Å². The summed E-state index contributed by atoms with van der Waals surface area (Å²) in [6.07, 6.45) is 4.39. The molecule has 170 valence electrons. The topological polar surface area (TPSA) is 92.7 Å². The summed E-state index contributed by atoms with van der Waals surface area (Å²) in [5.74, 6) is -0.755. The molecule has 0 atom stereocenters. The summed E-state index contributed by atoms with van der Waals surface area (Å²) in [5, 5.41) is 5.41.